The summed E-state index contributed by atoms with van der Waals surface area (Å²) in [6, 6.07) is 1.77. The zero-order valence-electron chi connectivity index (χ0n) is 31.9. The van der Waals surface area contributed by atoms with Crippen LogP contribution in [0.5, 0.6) is 0 Å². The van der Waals surface area contributed by atoms with Crippen molar-refractivity contribution in [2.75, 3.05) is 0 Å². The normalized spacial score (nSPS) is 38.7. The van der Waals surface area contributed by atoms with E-state index in [2.05, 4.69) is 77.8 Å². The Morgan fingerprint density at radius 1 is 1.12 bits per heavy atom. The minimum absolute atomic E-state index is 0.0304. The summed E-state index contributed by atoms with van der Waals surface area (Å²) in [5, 5.41) is 25.0. The van der Waals surface area contributed by atoms with Crippen molar-refractivity contribution in [2.45, 2.75) is 136 Å². The number of benzene rings is 1. The summed E-state index contributed by atoms with van der Waals surface area (Å²) < 4.78 is 8.89. The number of nitrogens with zero attached hydrogens (tertiary/aromatic N) is 1. The van der Waals surface area contributed by atoms with E-state index in [1.807, 2.05) is 26.0 Å². The van der Waals surface area contributed by atoms with Crippen molar-refractivity contribution in [2.24, 2.45) is 34.3 Å². The Labute approximate surface area is 302 Å². The van der Waals surface area contributed by atoms with Gasteiger partial charge in [0, 0.05) is 39.0 Å². The molecule has 1 aromatic carbocycles. The van der Waals surface area contributed by atoms with Gasteiger partial charge in [0.25, 0.3) is 0 Å². The highest BCUT2D eigenvalue weighted by atomic mass is 16.5. The fourth-order valence-electron chi connectivity index (χ4n) is 12.9. The number of rotatable bonds is 5. The SMILES string of the molecule is C=C(C)[C@H]1C(=O)c2c3c(cc4c5c(n1c24)[C@@]1(C)C(CC[C@H]2[C@](C)(/C=C/C=C(\CC)C(N)=O)[C@@H](O)CC[C@@]21C)C5)C1=CC(C)(C)OC(C)(C)C1[C@@H]3O. The van der Waals surface area contributed by atoms with Gasteiger partial charge in [-0.05, 0) is 119 Å². The molecule has 9 atom stereocenters. The summed E-state index contributed by atoms with van der Waals surface area (Å²) in [4.78, 5) is 26.9. The van der Waals surface area contributed by atoms with Gasteiger partial charge < -0.3 is 25.3 Å². The summed E-state index contributed by atoms with van der Waals surface area (Å²) in [7, 11) is 0. The first kappa shape index (κ1) is 34.8. The number of carbonyl (C=O) groups is 2. The lowest BCUT2D eigenvalue weighted by molar-refractivity contribution is -0.144. The van der Waals surface area contributed by atoms with E-state index in [0.29, 0.717) is 29.9 Å². The van der Waals surface area contributed by atoms with Gasteiger partial charge in [0.15, 0.2) is 5.78 Å². The zero-order valence-corrected chi connectivity index (χ0v) is 31.9. The van der Waals surface area contributed by atoms with Crippen LogP contribution in [0.3, 0.4) is 0 Å². The van der Waals surface area contributed by atoms with E-state index in [-0.39, 0.29) is 28.4 Å². The van der Waals surface area contributed by atoms with E-state index in [0.717, 1.165) is 58.9 Å². The Balaban J connectivity index is 1.35. The van der Waals surface area contributed by atoms with Crippen molar-refractivity contribution in [3.63, 3.8) is 0 Å². The molecule has 0 spiro atoms. The molecule has 1 aromatic heterocycles. The van der Waals surface area contributed by atoms with Crippen LogP contribution in [-0.4, -0.2) is 43.8 Å². The van der Waals surface area contributed by atoms with E-state index in [4.69, 9.17) is 10.5 Å². The molecule has 51 heavy (non-hydrogen) atoms. The molecule has 272 valence electrons. The minimum atomic E-state index is -0.855. The van der Waals surface area contributed by atoms with E-state index in [9.17, 15) is 19.8 Å². The maximum Gasteiger partial charge on any atom is 0.244 e. The number of ether oxygens (including phenoxy) is 1. The fourth-order valence-corrected chi connectivity index (χ4v) is 12.9. The summed E-state index contributed by atoms with van der Waals surface area (Å²) in [6.45, 7) is 23.6. The van der Waals surface area contributed by atoms with Crippen molar-refractivity contribution < 1.29 is 24.5 Å². The molecule has 3 heterocycles. The molecule has 8 rings (SSSR count). The Bertz CT molecular complexity index is 2040. The molecule has 0 bridgehead atoms. The number of hydrogen-bond donors (Lipinski definition) is 3. The highest BCUT2D eigenvalue weighted by molar-refractivity contribution is 6.18. The van der Waals surface area contributed by atoms with E-state index in [1.165, 1.54) is 11.3 Å². The number of nitrogens with two attached hydrogens (primary N) is 1. The third kappa shape index (κ3) is 4.23. The smallest absolute Gasteiger partial charge is 0.244 e. The summed E-state index contributed by atoms with van der Waals surface area (Å²) >= 11 is 0. The Morgan fingerprint density at radius 3 is 2.47 bits per heavy atom. The first-order chi connectivity index (χ1) is 23.7. The average molecular weight is 693 g/mol. The number of carbonyl (C=O) groups excluding carboxylic acids is 2. The van der Waals surface area contributed by atoms with Crippen molar-refractivity contribution in [3.8, 4) is 0 Å². The Hall–Kier alpha value is -3.26. The molecule has 6 aliphatic rings. The van der Waals surface area contributed by atoms with Crippen LogP contribution >= 0.6 is 0 Å². The number of allylic oxidation sites excluding steroid dienone is 3. The van der Waals surface area contributed by atoms with Gasteiger partial charge >= 0.3 is 0 Å². The molecule has 7 nitrogen and oxygen atoms in total. The van der Waals surface area contributed by atoms with Crippen molar-refractivity contribution >= 4 is 28.2 Å². The van der Waals surface area contributed by atoms with Crippen LogP contribution in [0.2, 0.25) is 0 Å². The van der Waals surface area contributed by atoms with Crippen LogP contribution in [0.25, 0.3) is 16.5 Å². The van der Waals surface area contributed by atoms with Crippen LogP contribution in [0.1, 0.15) is 139 Å². The van der Waals surface area contributed by atoms with Crippen LogP contribution in [0.15, 0.2) is 48.1 Å². The number of aliphatic hydroxyl groups excluding tert-OH is 2. The molecule has 4 N–H and O–H groups in total. The van der Waals surface area contributed by atoms with Crippen LogP contribution < -0.4 is 5.73 Å². The highest BCUT2D eigenvalue weighted by Crippen LogP contribution is 2.71. The van der Waals surface area contributed by atoms with Crippen molar-refractivity contribution in [3.05, 3.63) is 76.0 Å². The molecule has 0 radical (unpaired) electrons. The topological polar surface area (TPSA) is 115 Å². The van der Waals surface area contributed by atoms with Gasteiger partial charge in [-0.2, -0.15) is 0 Å². The lowest BCUT2D eigenvalue weighted by atomic mass is 9.40. The van der Waals surface area contributed by atoms with Gasteiger partial charge in [0.05, 0.1) is 34.5 Å². The van der Waals surface area contributed by atoms with E-state index >= 15 is 0 Å². The van der Waals surface area contributed by atoms with E-state index < -0.39 is 40.8 Å². The second-order valence-corrected chi connectivity index (χ2v) is 18.6. The number of aliphatic hydroxyl groups is 2. The van der Waals surface area contributed by atoms with Gasteiger partial charge in [0.1, 0.15) is 6.04 Å². The number of ketones is 1. The van der Waals surface area contributed by atoms with Crippen LogP contribution in [-0.2, 0) is 21.4 Å². The summed E-state index contributed by atoms with van der Waals surface area (Å²) in [5.74, 6) is -0.103. The number of fused-ring (bicyclic) bond motifs is 11. The molecule has 7 heteroatoms. The predicted molar refractivity (Wildman–Crippen MR) is 201 cm³/mol. The summed E-state index contributed by atoms with van der Waals surface area (Å²) in [6.07, 6.45) is 11.7. The molecule has 2 aliphatic heterocycles. The minimum Gasteiger partial charge on any atom is -0.392 e. The highest BCUT2D eigenvalue weighted by Gasteiger charge is 2.67. The standard InChI is InChI=1S/C44H56N2O5/c1-11-23(39(45)50)13-12-17-42(8)29-15-14-24-19-27-26-20-25-28-21-40(4,5)51-41(6,7)33(28)36(48)31(25)32-35(26)46(34(22(2)3)37(32)49)38(27)44(24,10)43(29,9)18-16-30(42)47/h12-13,17,20-21,24,29-30,33-34,36,47-48H,2,11,14-16,18-19H2,1,3-10H3,(H2,45,50)/b17-12+,23-13+/t24?,29-,30-,33?,34-,36+,42-,43-,44+/m0/s1. The lowest BCUT2D eigenvalue weighted by Crippen LogP contribution is -2.62. The van der Waals surface area contributed by atoms with Gasteiger partial charge in [-0.3, -0.25) is 9.59 Å². The number of hydrogen-bond acceptors (Lipinski definition) is 5. The molecule has 2 saturated carbocycles. The lowest BCUT2D eigenvalue weighted by Gasteiger charge is -2.64. The van der Waals surface area contributed by atoms with Gasteiger partial charge in [-0.1, -0.05) is 58.1 Å². The van der Waals surface area contributed by atoms with Crippen LogP contribution in [0, 0.1) is 28.6 Å². The van der Waals surface area contributed by atoms with Gasteiger partial charge in [0.2, 0.25) is 5.91 Å². The molecule has 2 aromatic rings. The predicted octanol–water partition coefficient (Wildman–Crippen LogP) is 7.97. The van der Waals surface area contributed by atoms with Crippen molar-refractivity contribution in [1.82, 2.24) is 4.57 Å². The first-order valence-electron chi connectivity index (χ1n) is 19.2. The second kappa shape index (κ2) is 10.7. The zero-order chi connectivity index (χ0) is 37.0. The van der Waals surface area contributed by atoms with Crippen LogP contribution in [0.4, 0.5) is 0 Å². The van der Waals surface area contributed by atoms with Crippen molar-refractivity contribution in [1.29, 1.82) is 0 Å². The van der Waals surface area contributed by atoms with Gasteiger partial charge in [-0.25, -0.2) is 0 Å². The molecule has 2 unspecified atom stereocenters. The third-order valence-corrected chi connectivity index (χ3v) is 15.1. The summed E-state index contributed by atoms with van der Waals surface area (Å²) in [5.41, 5.74) is 11.9. The number of Topliss-reactive ketones (excluding diaryl/α,β-unsaturated/α-hetero) is 1. The Kier molecular flexibility index (Phi) is 7.28. The van der Waals surface area contributed by atoms with Gasteiger partial charge in [-0.15, -0.1) is 0 Å². The number of amides is 1. The Morgan fingerprint density at radius 2 is 1.82 bits per heavy atom. The molecular weight excluding hydrogens is 636 g/mol. The average Bonchev–Trinajstić information content (AvgIpc) is 3.70. The quantitative estimate of drug-likeness (QED) is 0.167. The molecule has 2 fully saturated rings. The second-order valence-electron chi connectivity index (χ2n) is 18.6. The molecule has 0 saturated heterocycles. The number of aromatic nitrogens is 1. The first-order valence-corrected chi connectivity index (χ1v) is 19.2. The largest absolute Gasteiger partial charge is 0.392 e. The third-order valence-electron chi connectivity index (χ3n) is 15.1. The molecule has 1 amide bonds. The maximum absolute atomic E-state index is 14.9. The molecular formula is C44H56N2O5. The maximum atomic E-state index is 14.9. The monoisotopic (exact) mass is 692 g/mol. The fraction of sp³-hybridized carbons (Fsp3) is 0.591. The molecule has 4 aliphatic carbocycles. The number of primary amides is 1. The van der Waals surface area contributed by atoms with E-state index in [1.54, 1.807) is 0 Å².